The molecular formula is C27H27N7O4. The molecule has 1 unspecified atom stereocenters. The number of fused-ring (bicyclic) bond motifs is 1. The molecule has 0 radical (unpaired) electrons. The van der Waals surface area contributed by atoms with E-state index in [4.69, 9.17) is 25.4 Å². The van der Waals surface area contributed by atoms with Crippen molar-refractivity contribution < 1.29 is 19.0 Å². The summed E-state index contributed by atoms with van der Waals surface area (Å²) in [5.41, 5.74) is 9.28. The number of nitrogens with zero attached hydrogens (tertiary/aromatic N) is 4. The van der Waals surface area contributed by atoms with Gasteiger partial charge >= 0.3 is 0 Å². The number of hydrogen-bond acceptors (Lipinski definition) is 9. The first-order valence-corrected chi connectivity index (χ1v) is 12.0. The quantitative estimate of drug-likeness (QED) is 0.351. The van der Waals surface area contributed by atoms with E-state index in [1.807, 2.05) is 53.4 Å². The Morgan fingerprint density at radius 1 is 1.11 bits per heavy atom. The maximum atomic E-state index is 13.0. The number of carbonyl (C=O) groups is 1. The fourth-order valence-corrected chi connectivity index (χ4v) is 4.20. The molecule has 2 aromatic carbocycles. The molecule has 2 aliphatic heterocycles. The lowest BCUT2D eigenvalue weighted by Crippen LogP contribution is -2.38. The van der Waals surface area contributed by atoms with E-state index >= 15 is 0 Å². The van der Waals surface area contributed by atoms with Crippen LogP contribution in [-0.4, -0.2) is 68.1 Å². The third kappa shape index (κ3) is 5.32. The first-order valence-electron chi connectivity index (χ1n) is 12.0. The minimum Gasteiger partial charge on any atom is -0.481 e. The smallest absolute Gasteiger partial charge is 0.291 e. The standard InChI is InChI=1S/C27H27N7O4/c1-36-21-12-11-19(25(31-21)34-13-15-37-16-14-34)23(28)38-27(29)33-24-26(35)30-20-10-6-5-9-18(20)22(32-24)17-7-3-2-4-8-17/h2-12,24,28H,13-16H2,1H3,(H2,29,33)(H,30,35). The number of para-hydroxylation sites is 1. The van der Waals surface area contributed by atoms with Gasteiger partial charge in [-0.3, -0.25) is 10.2 Å². The Morgan fingerprint density at radius 3 is 2.61 bits per heavy atom. The Bertz CT molecular complexity index is 1400. The lowest BCUT2D eigenvalue weighted by atomic mass is 10.0. The predicted octanol–water partition coefficient (Wildman–Crippen LogP) is 2.40. The molecule has 38 heavy (non-hydrogen) atoms. The van der Waals surface area contributed by atoms with Crippen molar-refractivity contribution in [2.45, 2.75) is 6.17 Å². The summed E-state index contributed by atoms with van der Waals surface area (Å²) in [5, 5.41) is 11.4. The fraction of sp³-hybridized carbons (Fsp3) is 0.222. The molecule has 11 heteroatoms. The van der Waals surface area contributed by atoms with Gasteiger partial charge in [-0.1, -0.05) is 48.5 Å². The van der Waals surface area contributed by atoms with Gasteiger partial charge < -0.3 is 30.2 Å². The number of morpholine rings is 1. The highest BCUT2D eigenvalue weighted by Gasteiger charge is 2.27. The molecular weight excluding hydrogens is 486 g/mol. The number of hydrogen-bond donors (Lipinski definition) is 3. The number of anilines is 2. The van der Waals surface area contributed by atoms with Crippen molar-refractivity contribution in [3.63, 3.8) is 0 Å². The van der Waals surface area contributed by atoms with Crippen molar-refractivity contribution in [2.24, 2.45) is 15.7 Å². The summed E-state index contributed by atoms with van der Waals surface area (Å²) >= 11 is 0. The van der Waals surface area contributed by atoms with E-state index in [-0.39, 0.29) is 11.9 Å². The van der Waals surface area contributed by atoms with Crippen molar-refractivity contribution in [2.75, 3.05) is 43.6 Å². The van der Waals surface area contributed by atoms with Crippen LogP contribution in [0.4, 0.5) is 11.5 Å². The van der Waals surface area contributed by atoms with Crippen LogP contribution in [0.3, 0.4) is 0 Å². The summed E-state index contributed by atoms with van der Waals surface area (Å²) < 4.78 is 16.3. The zero-order chi connectivity index (χ0) is 26.5. The molecule has 5 rings (SSSR count). The second-order valence-electron chi connectivity index (χ2n) is 8.47. The number of aromatic nitrogens is 1. The van der Waals surface area contributed by atoms with Crippen molar-refractivity contribution >= 4 is 35.0 Å². The molecule has 1 atom stereocenters. The van der Waals surface area contributed by atoms with E-state index in [1.165, 1.54) is 7.11 Å². The molecule has 4 N–H and O–H groups in total. The van der Waals surface area contributed by atoms with Gasteiger partial charge in [0.25, 0.3) is 11.9 Å². The predicted molar refractivity (Wildman–Crippen MR) is 144 cm³/mol. The van der Waals surface area contributed by atoms with Gasteiger partial charge in [-0.2, -0.15) is 9.98 Å². The Balaban J connectivity index is 1.44. The first-order chi connectivity index (χ1) is 18.5. The van der Waals surface area contributed by atoms with Crippen LogP contribution in [0.25, 0.3) is 0 Å². The van der Waals surface area contributed by atoms with Crippen LogP contribution in [0.1, 0.15) is 16.7 Å². The fourth-order valence-electron chi connectivity index (χ4n) is 4.20. The maximum absolute atomic E-state index is 13.0. The number of amides is 1. The van der Waals surface area contributed by atoms with Crippen LogP contribution >= 0.6 is 0 Å². The SMILES string of the molecule is COc1ccc(C(=N)OC(N)=NC2N=C(c3ccccc3)c3ccccc3NC2=O)c(N2CCOCC2)n1. The Morgan fingerprint density at radius 2 is 1.84 bits per heavy atom. The summed E-state index contributed by atoms with van der Waals surface area (Å²) in [7, 11) is 1.53. The Kier molecular flexibility index (Phi) is 7.27. The largest absolute Gasteiger partial charge is 0.481 e. The first kappa shape index (κ1) is 24.9. The second-order valence-corrected chi connectivity index (χ2v) is 8.47. The van der Waals surface area contributed by atoms with E-state index in [9.17, 15) is 4.79 Å². The lowest BCUT2D eigenvalue weighted by Gasteiger charge is -2.29. The number of benzodiazepines with no additional fused rings is 1. The van der Waals surface area contributed by atoms with E-state index < -0.39 is 12.1 Å². The van der Waals surface area contributed by atoms with E-state index in [1.54, 1.807) is 18.2 Å². The highest BCUT2D eigenvalue weighted by molar-refractivity contribution is 6.19. The Hall–Kier alpha value is -4.77. The van der Waals surface area contributed by atoms with Gasteiger partial charge in [0, 0.05) is 30.3 Å². The number of nitrogens with one attached hydrogen (secondary N) is 2. The summed E-state index contributed by atoms with van der Waals surface area (Å²) in [4.78, 5) is 28.4. The molecule has 0 aliphatic carbocycles. The molecule has 3 aromatic rings. The van der Waals surface area contributed by atoms with Crippen molar-refractivity contribution in [1.29, 1.82) is 5.41 Å². The van der Waals surface area contributed by atoms with E-state index in [2.05, 4.69) is 20.3 Å². The molecule has 2 aliphatic rings. The maximum Gasteiger partial charge on any atom is 0.291 e. The zero-order valence-electron chi connectivity index (χ0n) is 20.8. The number of benzene rings is 2. The second kappa shape index (κ2) is 11.1. The van der Waals surface area contributed by atoms with Gasteiger partial charge in [0.05, 0.1) is 37.3 Å². The van der Waals surface area contributed by atoms with Crippen LogP contribution in [0, 0.1) is 5.41 Å². The minimum absolute atomic E-state index is 0.271. The molecule has 0 bridgehead atoms. The van der Waals surface area contributed by atoms with Gasteiger partial charge in [-0.25, -0.2) is 4.99 Å². The van der Waals surface area contributed by atoms with Crippen LogP contribution in [0.15, 0.2) is 76.7 Å². The van der Waals surface area contributed by atoms with Crippen molar-refractivity contribution in [1.82, 2.24) is 4.98 Å². The average molecular weight is 514 g/mol. The molecule has 1 fully saturated rings. The molecule has 1 amide bonds. The summed E-state index contributed by atoms with van der Waals surface area (Å²) in [6.45, 7) is 2.28. The number of ether oxygens (including phenoxy) is 3. The van der Waals surface area contributed by atoms with Crippen LogP contribution in [-0.2, 0) is 14.3 Å². The van der Waals surface area contributed by atoms with Crippen LogP contribution in [0.5, 0.6) is 5.88 Å². The third-order valence-corrected chi connectivity index (χ3v) is 6.04. The molecule has 3 heterocycles. The van der Waals surface area contributed by atoms with E-state index in [0.717, 1.165) is 11.1 Å². The molecule has 0 saturated carbocycles. The number of aliphatic imine (C=N–C) groups is 2. The molecule has 1 saturated heterocycles. The molecule has 0 spiro atoms. The molecule has 1 aromatic heterocycles. The number of methoxy groups -OCH3 is 1. The number of nitrogens with two attached hydrogens (primary N) is 1. The van der Waals surface area contributed by atoms with Crippen molar-refractivity contribution in [3.05, 3.63) is 83.4 Å². The van der Waals surface area contributed by atoms with Gasteiger partial charge in [-0.15, -0.1) is 0 Å². The van der Waals surface area contributed by atoms with Gasteiger partial charge in [0.15, 0.2) is 0 Å². The highest BCUT2D eigenvalue weighted by Crippen LogP contribution is 2.26. The molecule has 194 valence electrons. The van der Waals surface area contributed by atoms with E-state index in [0.29, 0.717) is 55.0 Å². The zero-order valence-corrected chi connectivity index (χ0v) is 20.8. The third-order valence-electron chi connectivity index (χ3n) is 6.04. The summed E-state index contributed by atoms with van der Waals surface area (Å²) in [6, 6.07) is 19.8. The minimum atomic E-state index is -1.22. The number of rotatable bonds is 5. The van der Waals surface area contributed by atoms with Gasteiger partial charge in [0.2, 0.25) is 17.9 Å². The Labute approximate surface area is 219 Å². The lowest BCUT2D eigenvalue weighted by molar-refractivity contribution is -0.117. The van der Waals surface area contributed by atoms with Crippen LogP contribution < -0.4 is 20.7 Å². The summed E-state index contributed by atoms with van der Waals surface area (Å²) in [6.07, 6.45) is -1.22. The summed E-state index contributed by atoms with van der Waals surface area (Å²) in [5.74, 6) is 0.175. The number of amidine groups is 1. The van der Waals surface area contributed by atoms with Crippen LogP contribution in [0.2, 0.25) is 0 Å². The number of carbonyl (C=O) groups excluding carboxylic acids is 1. The topological polar surface area (TPSA) is 148 Å². The van der Waals surface area contributed by atoms with Gasteiger partial charge in [0.1, 0.15) is 5.82 Å². The van der Waals surface area contributed by atoms with Gasteiger partial charge in [-0.05, 0) is 12.1 Å². The average Bonchev–Trinajstić information content (AvgIpc) is 3.09. The highest BCUT2D eigenvalue weighted by atomic mass is 16.5. The number of pyridine rings is 1. The molecule has 11 nitrogen and oxygen atoms in total. The normalized spacial score (nSPS) is 17.6. The monoisotopic (exact) mass is 513 g/mol. The van der Waals surface area contributed by atoms with Crippen molar-refractivity contribution in [3.8, 4) is 5.88 Å².